The van der Waals surface area contributed by atoms with Crippen molar-refractivity contribution >= 4 is 22.7 Å². The minimum absolute atomic E-state index is 0.0124. The molecule has 34 heavy (non-hydrogen) atoms. The molecule has 0 amide bonds. The zero-order valence-electron chi connectivity index (χ0n) is 20.7. The lowest BCUT2D eigenvalue weighted by molar-refractivity contribution is -0.143. The molecule has 0 aliphatic heterocycles. The summed E-state index contributed by atoms with van der Waals surface area (Å²) in [6, 6.07) is 6.10. The van der Waals surface area contributed by atoms with Crippen LogP contribution >= 0.6 is 0 Å². The van der Waals surface area contributed by atoms with E-state index in [0.29, 0.717) is 16.7 Å². The highest BCUT2D eigenvalue weighted by atomic mass is 32.2. The number of nitrogens with zero attached hydrogens (tertiary/aromatic N) is 1. The van der Waals surface area contributed by atoms with Gasteiger partial charge in [0.1, 0.15) is 16.4 Å². The van der Waals surface area contributed by atoms with Gasteiger partial charge >= 0.3 is 5.97 Å². The van der Waals surface area contributed by atoms with Crippen LogP contribution in [-0.4, -0.2) is 27.4 Å². The van der Waals surface area contributed by atoms with Crippen LogP contribution in [0.5, 0.6) is 0 Å². The number of carbonyl (C=O) groups is 1. The molecular weight excluding hydrogens is 456 g/mol. The molecule has 7 heteroatoms. The standard InChI is InChI=1S/C27H33F2NO3S/c1-7-33-22(31)14-21(30-15-34(32)27(4,5)6)24-25(28)19(18-11-12-18)13-20(26(24)29)23-16(2)9-8-10-17(23)3/h8-10,13,15,18,21H,7,11-12,14H2,1-6H3/b30-15+/t21-,34-/m0/s1. The predicted octanol–water partition coefficient (Wildman–Crippen LogP) is 6.70. The first-order valence-electron chi connectivity index (χ1n) is 11.6. The van der Waals surface area contributed by atoms with Crippen LogP contribution in [0.4, 0.5) is 8.78 Å². The summed E-state index contributed by atoms with van der Waals surface area (Å²) in [6.07, 6.45) is 1.31. The zero-order valence-corrected chi connectivity index (χ0v) is 21.5. The van der Waals surface area contributed by atoms with E-state index >= 15 is 8.78 Å². The lowest BCUT2D eigenvalue weighted by Gasteiger charge is -2.22. The second-order valence-corrected chi connectivity index (χ2v) is 11.8. The van der Waals surface area contributed by atoms with Crippen molar-refractivity contribution in [3.8, 4) is 11.1 Å². The quantitative estimate of drug-likeness (QED) is 0.179. The van der Waals surface area contributed by atoms with Crippen LogP contribution in [0.25, 0.3) is 11.1 Å². The Kier molecular flexibility index (Phi) is 8.19. The molecule has 4 nitrogen and oxygen atoms in total. The van der Waals surface area contributed by atoms with Gasteiger partial charge in [-0.1, -0.05) is 18.2 Å². The second-order valence-electron chi connectivity index (χ2n) is 9.79. The van der Waals surface area contributed by atoms with Crippen LogP contribution < -0.4 is 0 Å². The summed E-state index contributed by atoms with van der Waals surface area (Å²) >= 11 is -1.50. The van der Waals surface area contributed by atoms with E-state index in [1.54, 1.807) is 33.8 Å². The largest absolute Gasteiger partial charge is 0.610 e. The molecule has 0 heterocycles. The smallest absolute Gasteiger partial charge is 0.308 e. The number of carbonyl (C=O) groups excluding carboxylic acids is 1. The van der Waals surface area contributed by atoms with E-state index in [0.717, 1.165) is 24.0 Å². The summed E-state index contributed by atoms with van der Waals surface area (Å²) in [5.74, 6) is -2.02. The van der Waals surface area contributed by atoms with Crippen LogP contribution in [0.1, 0.15) is 81.2 Å². The van der Waals surface area contributed by atoms with Gasteiger partial charge in [-0.05, 0) is 88.6 Å². The third kappa shape index (κ3) is 5.87. The summed E-state index contributed by atoms with van der Waals surface area (Å²) in [4.78, 5) is 16.7. The number of ether oxygens (including phenoxy) is 1. The molecule has 0 saturated heterocycles. The first-order chi connectivity index (χ1) is 16.0. The molecule has 0 bridgehead atoms. The van der Waals surface area contributed by atoms with E-state index in [4.69, 9.17) is 4.74 Å². The van der Waals surface area contributed by atoms with Gasteiger partial charge in [-0.25, -0.2) is 13.8 Å². The van der Waals surface area contributed by atoms with Crippen LogP contribution in [0, 0.1) is 25.5 Å². The van der Waals surface area contributed by atoms with Crippen molar-refractivity contribution < 1.29 is 22.9 Å². The van der Waals surface area contributed by atoms with Gasteiger partial charge in [-0.3, -0.25) is 4.79 Å². The Morgan fingerprint density at radius 3 is 2.38 bits per heavy atom. The van der Waals surface area contributed by atoms with Crippen LogP contribution in [-0.2, 0) is 20.7 Å². The molecule has 0 spiro atoms. The summed E-state index contributed by atoms with van der Waals surface area (Å²) in [7, 11) is 0. The fraction of sp³-hybridized carbons (Fsp3) is 0.481. The molecule has 3 rings (SSSR count). The number of rotatable bonds is 8. The predicted molar refractivity (Wildman–Crippen MR) is 134 cm³/mol. The van der Waals surface area contributed by atoms with Gasteiger partial charge in [0.15, 0.2) is 0 Å². The Morgan fingerprint density at radius 1 is 1.24 bits per heavy atom. The summed E-state index contributed by atoms with van der Waals surface area (Å²) in [6.45, 7) is 10.9. The molecule has 1 aliphatic carbocycles. The van der Waals surface area contributed by atoms with Gasteiger partial charge in [0.2, 0.25) is 5.55 Å². The number of hydrogen-bond donors (Lipinski definition) is 0. The Labute approximate surface area is 204 Å². The van der Waals surface area contributed by atoms with E-state index in [-0.39, 0.29) is 24.5 Å². The Balaban J connectivity index is 2.22. The Morgan fingerprint density at radius 2 is 1.85 bits per heavy atom. The van der Waals surface area contributed by atoms with E-state index in [1.165, 1.54) is 5.55 Å². The van der Waals surface area contributed by atoms with Gasteiger partial charge in [0, 0.05) is 22.3 Å². The highest BCUT2D eigenvalue weighted by Crippen LogP contribution is 2.46. The van der Waals surface area contributed by atoms with Crippen molar-refractivity contribution in [3.63, 3.8) is 0 Å². The van der Waals surface area contributed by atoms with Gasteiger partial charge in [0.05, 0.1) is 19.1 Å². The van der Waals surface area contributed by atoms with E-state index in [2.05, 4.69) is 4.99 Å². The average Bonchev–Trinajstić information content (AvgIpc) is 3.57. The molecule has 0 aromatic heterocycles. The number of esters is 1. The maximum atomic E-state index is 16.1. The van der Waals surface area contributed by atoms with Crippen molar-refractivity contribution in [1.82, 2.24) is 0 Å². The zero-order chi connectivity index (χ0) is 25.2. The summed E-state index contributed by atoms with van der Waals surface area (Å²) in [5, 5.41) is 0. The number of aryl methyl sites for hydroxylation is 2. The van der Waals surface area contributed by atoms with Crippen molar-refractivity contribution in [1.29, 1.82) is 0 Å². The SMILES string of the molecule is CCOC(=O)C[C@H](/N=C/[S@+]([O-])C(C)(C)C)c1c(F)c(-c2c(C)cccc2C)cc(C2CC2)c1F. The van der Waals surface area contributed by atoms with Crippen molar-refractivity contribution in [3.05, 3.63) is 58.2 Å². The summed E-state index contributed by atoms with van der Waals surface area (Å²) in [5.41, 5.74) is 4.13. The third-order valence-corrected chi connectivity index (χ3v) is 7.49. The highest BCUT2D eigenvalue weighted by molar-refractivity contribution is 8.05. The Hall–Kier alpha value is -2.25. The maximum Gasteiger partial charge on any atom is 0.308 e. The minimum Gasteiger partial charge on any atom is -0.610 e. The van der Waals surface area contributed by atoms with Crippen LogP contribution in [0.15, 0.2) is 29.3 Å². The van der Waals surface area contributed by atoms with Crippen LogP contribution in [0.3, 0.4) is 0 Å². The average molecular weight is 490 g/mol. The maximum absolute atomic E-state index is 16.1. The topological polar surface area (TPSA) is 61.7 Å². The first-order valence-corrected chi connectivity index (χ1v) is 12.8. The lowest BCUT2D eigenvalue weighted by Crippen LogP contribution is -2.29. The molecule has 0 unspecified atom stereocenters. The second kappa shape index (κ2) is 10.6. The van der Waals surface area contributed by atoms with Gasteiger partial charge in [-0.2, -0.15) is 0 Å². The molecule has 2 aromatic rings. The van der Waals surface area contributed by atoms with E-state index in [1.807, 2.05) is 32.0 Å². The van der Waals surface area contributed by atoms with E-state index < -0.39 is 39.6 Å². The molecule has 2 aromatic carbocycles. The fourth-order valence-corrected chi connectivity index (χ4v) is 4.55. The van der Waals surface area contributed by atoms with Crippen molar-refractivity contribution in [2.24, 2.45) is 4.99 Å². The van der Waals surface area contributed by atoms with Gasteiger partial charge < -0.3 is 9.29 Å². The molecule has 0 N–H and O–H groups in total. The minimum atomic E-state index is -1.50. The first kappa shape index (κ1) is 26.4. The molecule has 1 fully saturated rings. The number of aliphatic imine (C=N–C) groups is 1. The fourth-order valence-electron chi connectivity index (χ4n) is 3.98. The van der Waals surface area contributed by atoms with Crippen LogP contribution in [0.2, 0.25) is 0 Å². The molecule has 184 valence electrons. The van der Waals surface area contributed by atoms with Crippen molar-refractivity contribution in [2.75, 3.05) is 6.61 Å². The normalized spacial score (nSPS) is 16.0. The number of hydrogen-bond acceptors (Lipinski definition) is 4. The van der Waals surface area contributed by atoms with Gasteiger partial charge in [-0.15, -0.1) is 0 Å². The molecule has 2 atom stereocenters. The Bertz CT molecular complexity index is 1070. The third-order valence-electron chi connectivity index (χ3n) is 5.97. The molecule has 0 radical (unpaired) electrons. The monoisotopic (exact) mass is 489 g/mol. The van der Waals surface area contributed by atoms with E-state index in [9.17, 15) is 9.35 Å². The molecule has 1 saturated carbocycles. The molecule has 1 aliphatic rings. The lowest BCUT2D eigenvalue weighted by atomic mass is 9.88. The summed E-state index contributed by atoms with van der Waals surface area (Å²) < 4.78 is 49.0. The number of benzene rings is 2. The van der Waals surface area contributed by atoms with Crippen molar-refractivity contribution in [2.45, 2.75) is 77.5 Å². The number of halogens is 2. The molecular formula is C27H33F2NO3S. The van der Waals surface area contributed by atoms with Gasteiger partial charge in [0.25, 0.3) is 0 Å². The highest BCUT2D eigenvalue weighted by Gasteiger charge is 2.35.